The molecule has 0 aliphatic carbocycles. The Morgan fingerprint density at radius 2 is 2.07 bits per heavy atom. The number of hydrogen-bond donors (Lipinski definition) is 1. The number of rotatable bonds is 9. The van der Waals surface area contributed by atoms with Gasteiger partial charge in [-0.15, -0.1) is 11.3 Å². The van der Waals surface area contributed by atoms with Crippen molar-refractivity contribution in [1.82, 2.24) is 9.80 Å². The lowest BCUT2D eigenvalue weighted by Crippen LogP contribution is -2.41. The molecule has 1 N–H and O–H groups in total. The lowest BCUT2D eigenvalue weighted by molar-refractivity contribution is 0.0555. The fourth-order valence-corrected chi connectivity index (χ4v) is 5.13. The third-order valence-electron chi connectivity index (χ3n) is 5.85. The molecule has 1 atom stereocenters. The van der Waals surface area contributed by atoms with Crippen LogP contribution in [-0.2, 0) is 16.0 Å². The predicted octanol–water partition coefficient (Wildman–Crippen LogP) is 3.21. The fraction of sp³-hybridized carbons (Fsp3) is 0.750. The maximum atomic E-state index is 9.84. The Labute approximate surface area is 186 Å². The van der Waals surface area contributed by atoms with Crippen molar-refractivity contribution in [2.75, 3.05) is 53.0 Å². The molecule has 3 rings (SSSR count). The summed E-state index contributed by atoms with van der Waals surface area (Å²) in [4.78, 5) is 7.49. The highest BCUT2D eigenvalue weighted by atomic mass is 32.1. The summed E-state index contributed by atoms with van der Waals surface area (Å²) in [6, 6.07) is 4.27. The summed E-state index contributed by atoms with van der Waals surface area (Å²) in [5.41, 5.74) is -0.950. The highest BCUT2D eigenvalue weighted by Crippen LogP contribution is 2.24. The number of hydrogen-bond acceptors (Lipinski definition) is 6. The van der Waals surface area contributed by atoms with E-state index >= 15 is 0 Å². The summed E-state index contributed by atoms with van der Waals surface area (Å²) in [7, 11) is 1.78. The second kappa shape index (κ2) is 11.6. The van der Waals surface area contributed by atoms with Gasteiger partial charge in [-0.2, -0.15) is 0 Å². The molecule has 1 aromatic heterocycles. The molecule has 30 heavy (non-hydrogen) atoms. The van der Waals surface area contributed by atoms with Gasteiger partial charge in [-0.3, -0.25) is 4.90 Å². The average molecular weight is 435 g/mol. The summed E-state index contributed by atoms with van der Waals surface area (Å²) < 4.78 is 11.2. The predicted molar refractivity (Wildman–Crippen MR) is 123 cm³/mol. The van der Waals surface area contributed by atoms with Crippen molar-refractivity contribution in [2.24, 2.45) is 5.92 Å². The molecule has 2 fully saturated rings. The van der Waals surface area contributed by atoms with Gasteiger partial charge in [0.15, 0.2) is 0 Å². The zero-order chi connectivity index (χ0) is 21.4. The van der Waals surface area contributed by atoms with Crippen LogP contribution < -0.4 is 0 Å². The standard InChI is InChI=1S/C24H38N2O3S/c1-24(2,27)11-8-22-6-7-23(30-22)19-26(18-21-5-4-15-29-21)17-20-9-12-25(13-10-20)14-16-28-3/h6-7,20-21,27H,4-5,9-10,12-19H2,1-3H3/t21-/m0/s1. The number of piperidine rings is 1. The van der Waals surface area contributed by atoms with Crippen LogP contribution in [0, 0.1) is 17.8 Å². The molecule has 2 saturated heterocycles. The molecule has 0 saturated carbocycles. The quantitative estimate of drug-likeness (QED) is 0.605. The van der Waals surface area contributed by atoms with E-state index in [0.29, 0.717) is 6.10 Å². The second-order valence-corrected chi connectivity index (χ2v) is 10.4. The van der Waals surface area contributed by atoms with Crippen LogP contribution in [0.3, 0.4) is 0 Å². The maximum absolute atomic E-state index is 9.84. The minimum absolute atomic E-state index is 0.376. The number of nitrogens with zero attached hydrogens (tertiary/aromatic N) is 2. The smallest absolute Gasteiger partial charge is 0.120 e. The summed E-state index contributed by atoms with van der Waals surface area (Å²) in [5.74, 6) is 6.78. The molecule has 5 nitrogen and oxygen atoms in total. The minimum Gasteiger partial charge on any atom is -0.383 e. The van der Waals surface area contributed by atoms with Gasteiger partial charge in [0.2, 0.25) is 0 Å². The number of aliphatic hydroxyl groups is 1. The van der Waals surface area contributed by atoms with Crippen LogP contribution in [0.4, 0.5) is 0 Å². The first kappa shape index (κ1) is 23.7. The Morgan fingerprint density at radius 3 is 2.73 bits per heavy atom. The van der Waals surface area contributed by atoms with Crippen LogP contribution in [0.15, 0.2) is 12.1 Å². The number of methoxy groups -OCH3 is 1. The Morgan fingerprint density at radius 1 is 1.27 bits per heavy atom. The zero-order valence-electron chi connectivity index (χ0n) is 18.9. The monoisotopic (exact) mass is 434 g/mol. The van der Waals surface area contributed by atoms with Gasteiger partial charge in [0.25, 0.3) is 0 Å². The first-order valence-corrected chi connectivity index (χ1v) is 12.1. The lowest BCUT2D eigenvalue weighted by atomic mass is 9.96. The molecule has 0 spiro atoms. The number of likely N-dealkylation sites (tertiary alicyclic amines) is 1. The van der Waals surface area contributed by atoms with E-state index in [1.54, 1.807) is 32.3 Å². The summed E-state index contributed by atoms with van der Waals surface area (Å²) in [5, 5.41) is 9.84. The van der Waals surface area contributed by atoms with Crippen molar-refractivity contribution < 1.29 is 14.6 Å². The molecule has 0 radical (unpaired) electrons. The average Bonchev–Trinajstić information content (AvgIpc) is 3.37. The van der Waals surface area contributed by atoms with Crippen LogP contribution in [-0.4, -0.2) is 79.7 Å². The van der Waals surface area contributed by atoms with Gasteiger partial charge in [-0.1, -0.05) is 11.8 Å². The van der Waals surface area contributed by atoms with Gasteiger partial charge in [-0.05, 0) is 70.7 Å². The summed E-state index contributed by atoms with van der Waals surface area (Å²) in [6.45, 7) is 11.7. The van der Waals surface area contributed by atoms with Crippen molar-refractivity contribution in [1.29, 1.82) is 0 Å². The van der Waals surface area contributed by atoms with Crippen molar-refractivity contribution in [3.8, 4) is 11.8 Å². The third kappa shape index (κ3) is 8.30. The molecule has 0 unspecified atom stereocenters. The van der Waals surface area contributed by atoms with Crippen molar-refractivity contribution in [3.63, 3.8) is 0 Å². The van der Waals surface area contributed by atoms with Crippen molar-refractivity contribution in [3.05, 3.63) is 21.9 Å². The van der Waals surface area contributed by atoms with Gasteiger partial charge in [0.05, 0.1) is 17.6 Å². The fourth-order valence-electron chi connectivity index (χ4n) is 4.22. The highest BCUT2D eigenvalue weighted by Gasteiger charge is 2.25. The van der Waals surface area contributed by atoms with E-state index in [4.69, 9.17) is 9.47 Å². The van der Waals surface area contributed by atoms with Crippen molar-refractivity contribution in [2.45, 2.75) is 57.8 Å². The van der Waals surface area contributed by atoms with Gasteiger partial charge >= 0.3 is 0 Å². The molecule has 2 aliphatic heterocycles. The molecule has 0 bridgehead atoms. The highest BCUT2D eigenvalue weighted by molar-refractivity contribution is 7.12. The van der Waals surface area contributed by atoms with E-state index in [0.717, 1.165) is 50.2 Å². The van der Waals surface area contributed by atoms with Crippen molar-refractivity contribution >= 4 is 11.3 Å². The first-order valence-electron chi connectivity index (χ1n) is 11.3. The molecule has 168 valence electrons. The van der Waals surface area contributed by atoms with E-state index in [1.807, 2.05) is 0 Å². The SMILES string of the molecule is COCCN1CCC(CN(Cc2ccc(C#CC(C)(C)O)s2)C[C@@H]2CCCO2)CC1. The normalized spacial score (nSPS) is 21.2. The van der Waals surface area contributed by atoms with Gasteiger partial charge < -0.3 is 19.5 Å². The Kier molecular flexibility index (Phi) is 9.18. The largest absolute Gasteiger partial charge is 0.383 e. The number of ether oxygens (including phenoxy) is 2. The first-order chi connectivity index (χ1) is 14.4. The molecule has 2 aliphatic rings. The van der Waals surface area contributed by atoms with Crippen LogP contribution >= 0.6 is 11.3 Å². The maximum Gasteiger partial charge on any atom is 0.120 e. The second-order valence-electron chi connectivity index (χ2n) is 9.18. The van der Waals surface area contributed by atoms with E-state index in [1.165, 1.54) is 43.6 Å². The minimum atomic E-state index is -0.950. The Balaban J connectivity index is 1.56. The van der Waals surface area contributed by atoms with E-state index < -0.39 is 5.60 Å². The van der Waals surface area contributed by atoms with E-state index in [-0.39, 0.29) is 0 Å². The van der Waals surface area contributed by atoms with Crippen LogP contribution in [0.25, 0.3) is 0 Å². The van der Waals surface area contributed by atoms with Crippen LogP contribution in [0.1, 0.15) is 49.3 Å². The Bertz CT molecular complexity index is 689. The molecular weight excluding hydrogens is 396 g/mol. The third-order valence-corrected chi connectivity index (χ3v) is 6.84. The summed E-state index contributed by atoms with van der Waals surface area (Å²) >= 11 is 1.74. The molecular formula is C24H38N2O3S. The Hall–Kier alpha value is -0.940. The van der Waals surface area contributed by atoms with Crippen LogP contribution in [0.2, 0.25) is 0 Å². The molecule has 1 aromatic rings. The topological polar surface area (TPSA) is 45.2 Å². The number of thiophene rings is 1. The molecule has 0 amide bonds. The molecule has 6 heteroatoms. The van der Waals surface area contributed by atoms with Gasteiger partial charge in [-0.25, -0.2) is 0 Å². The van der Waals surface area contributed by atoms with E-state index in [2.05, 4.69) is 33.8 Å². The summed E-state index contributed by atoms with van der Waals surface area (Å²) in [6.07, 6.45) is 5.27. The zero-order valence-corrected chi connectivity index (χ0v) is 19.7. The van der Waals surface area contributed by atoms with Gasteiger partial charge in [0.1, 0.15) is 5.60 Å². The van der Waals surface area contributed by atoms with Crippen LogP contribution in [0.5, 0.6) is 0 Å². The van der Waals surface area contributed by atoms with E-state index in [9.17, 15) is 5.11 Å². The van der Waals surface area contributed by atoms with Gasteiger partial charge in [0, 0.05) is 44.8 Å². The molecule has 3 heterocycles. The lowest BCUT2D eigenvalue weighted by Gasteiger charge is -2.35. The molecule has 0 aromatic carbocycles.